The summed E-state index contributed by atoms with van der Waals surface area (Å²) in [4.78, 5) is 4.34. The molecule has 2 aromatic rings. The molecule has 0 unspecified atom stereocenters. The van der Waals surface area contributed by atoms with Gasteiger partial charge in [0.05, 0.1) is 32.1 Å². The van der Waals surface area contributed by atoms with E-state index < -0.39 is 0 Å². The summed E-state index contributed by atoms with van der Waals surface area (Å²) in [5.74, 6) is 0.847. The van der Waals surface area contributed by atoms with Crippen LogP contribution in [0.25, 0.3) is 0 Å². The Kier molecular flexibility index (Phi) is 6.99. The average molecular weight is 424 g/mol. The summed E-state index contributed by atoms with van der Waals surface area (Å²) >= 11 is 3.33. The van der Waals surface area contributed by atoms with Crippen molar-refractivity contribution >= 4 is 27.8 Å². The van der Waals surface area contributed by atoms with Crippen LogP contribution in [0.15, 0.2) is 45.9 Å². The number of fused-ring (bicyclic) bond motifs is 1. The number of hydrogen-bond donors (Lipinski definition) is 0. The fourth-order valence-electron chi connectivity index (χ4n) is 2.31. The van der Waals surface area contributed by atoms with Crippen LogP contribution in [0.4, 0.5) is 10.1 Å². The molecule has 0 spiro atoms. The zero-order valence-corrected chi connectivity index (χ0v) is 15.7. The SMILES string of the molecule is Fc1ccc(Br)cc1C=Nc1ccc2c(c1)OCCOCCOCCO2. The van der Waals surface area contributed by atoms with Crippen LogP contribution < -0.4 is 9.47 Å². The molecule has 0 N–H and O–H groups in total. The Morgan fingerprint density at radius 1 is 0.846 bits per heavy atom. The maximum Gasteiger partial charge on any atom is 0.163 e. The highest BCUT2D eigenvalue weighted by Gasteiger charge is 2.08. The molecule has 1 aliphatic heterocycles. The second kappa shape index (κ2) is 9.66. The third kappa shape index (κ3) is 5.52. The van der Waals surface area contributed by atoms with Crippen LogP contribution in [0.3, 0.4) is 0 Å². The Hall–Kier alpha value is -1.96. The van der Waals surface area contributed by atoms with Gasteiger partial charge in [-0.2, -0.15) is 0 Å². The summed E-state index contributed by atoms with van der Waals surface area (Å²) in [7, 11) is 0. The molecule has 1 aliphatic rings. The van der Waals surface area contributed by atoms with Crippen LogP contribution in [0, 0.1) is 5.82 Å². The number of hydrogen-bond acceptors (Lipinski definition) is 5. The van der Waals surface area contributed by atoms with Gasteiger partial charge in [0.1, 0.15) is 19.0 Å². The zero-order valence-electron chi connectivity index (χ0n) is 14.1. The third-order valence-corrected chi connectivity index (χ3v) is 4.07. The monoisotopic (exact) mass is 423 g/mol. The predicted octanol–water partition coefficient (Wildman–Crippen LogP) is 4.14. The minimum absolute atomic E-state index is 0.333. The quantitative estimate of drug-likeness (QED) is 0.680. The van der Waals surface area contributed by atoms with E-state index in [1.807, 2.05) is 0 Å². The Balaban J connectivity index is 1.77. The van der Waals surface area contributed by atoms with Crippen molar-refractivity contribution in [2.75, 3.05) is 39.6 Å². The standard InChI is InChI=1S/C19H19BrFNO4/c20-15-1-3-17(21)14(11-15)13-22-16-2-4-18-19(12-16)26-10-8-24-6-5-23-7-9-25-18/h1-4,11-13H,5-10H2. The summed E-state index contributed by atoms with van der Waals surface area (Å²) < 4.78 is 36.9. The van der Waals surface area contributed by atoms with E-state index >= 15 is 0 Å². The minimum Gasteiger partial charge on any atom is -0.487 e. The molecule has 0 aliphatic carbocycles. The van der Waals surface area contributed by atoms with Gasteiger partial charge in [0, 0.05) is 22.3 Å². The Labute approximate surface area is 159 Å². The van der Waals surface area contributed by atoms with Crippen LogP contribution in [-0.4, -0.2) is 45.9 Å². The summed E-state index contributed by atoms with van der Waals surface area (Å²) in [6.45, 7) is 2.81. The van der Waals surface area contributed by atoms with E-state index in [4.69, 9.17) is 18.9 Å². The zero-order chi connectivity index (χ0) is 18.2. The van der Waals surface area contributed by atoms with Gasteiger partial charge in [-0.1, -0.05) is 15.9 Å². The van der Waals surface area contributed by atoms with Crippen LogP contribution in [0.1, 0.15) is 5.56 Å². The van der Waals surface area contributed by atoms with Gasteiger partial charge in [-0.15, -0.1) is 0 Å². The average Bonchev–Trinajstić information content (AvgIpc) is 2.63. The summed E-state index contributed by atoms with van der Waals surface area (Å²) in [5.41, 5.74) is 1.03. The lowest BCUT2D eigenvalue weighted by Gasteiger charge is -2.15. The van der Waals surface area contributed by atoms with Crippen molar-refractivity contribution in [3.05, 3.63) is 52.3 Å². The Morgan fingerprint density at radius 2 is 1.54 bits per heavy atom. The molecule has 1 heterocycles. The molecule has 0 amide bonds. The highest BCUT2D eigenvalue weighted by Crippen LogP contribution is 2.32. The van der Waals surface area contributed by atoms with Crippen LogP contribution in [0.2, 0.25) is 0 Å². The molecule has 0 bridgehead atoms. The topological polar surface area (TPSA) is 49.3 Å². The van der Waals surface area contributed by atoms with Gasteiger partial charge in [-0.3, -0.25) is 4.99 Å². The molecule has 26 heavy (non-hydrogen) atoms. The van der Waals surface area contributed by atoms with E-state index in [1.54, 1.807) is 30.3 Å². The molecule has 0 aromatic heterocycles. The highest BCUT2D eigenvalue weighted by molar-refractivity contribution is 9.10. The van der Waals surface area contributed by atoms with Crippen molar-refractivity contribution < 1.29 is 23.3 Å². The molecular weight excluding hydrogens is 405 g/mol. The van der Waals surface area contributed by atoms with E-state index in [0.29, 0.717) is 62.4 Å². The van der Waals surface area contributed by atoms with Crippen LogP contribution in [-0.2, 0) is 9.47 Å². The molecule has 0 saturated carbocycles. The fourth-order valence-corrected chi connectivity index (χ4v) is 2.69. The first-order valence-corrected chi connectivity index (χ1v) is 9.06. The van der Waals surface area contributed by atoms with Gasteiger partial charge in [-0.25, -0.2) is 4.39 Å². The second-order valence-electron chi connectivity index (χ2n) is 5.48. The lowest BCUT2D eigenvalue weighted by Crippen LogP contribution is -2.15. The van der Waals surface area contributed by atoms with Crippen molar-refractivity contribution in [3.63, 3.8) is 0 Å². The molecule has 3 rings (SSSR count). The van der Waals surface area contributed by atoms with Crippen molar-refractivity contribution in [2.24, 2.45) is 4.99 Å². The Bertz CT molecular complexity index is 769. The van der Waals surface area contributed by atoms with Crippen LogP contribution in [0.5, 0.6) is 11.5 Å². The third-order valence-electron chi connectivity index (χ3n) is 3.58. The van der Waals surface area contributed by atoms with E-state index in [-0.39, 0.29) is 5.82 Å². The number of rotatable bonds is 2. The first-order chi connectivity index (χ1) is 12.7. The predicted molar refractivity (Wildman–Crippen MR) is 100 cm³/mol. The van der Waals surface area contributed by atoms with Gasteiger partial charge in [0.25, 0.3) is 0 Å². The molecule has 0 saturated heterocycles. The molecule has 5 nitrogen and oxygen atoms in total. The summed E-state index contributed by atoms with van der Waals surface area (Å²) in [5, 5.41) is 0. The first kappa shape index (κ1) is 18.8. The molecule has 2 aromatic carbocycles. The lowest BCUT2D eigenvalue weighted by atomic mass is 10.2. The van der Waals surface area contributed by atoms with Gasteiger partial charge < -0.3 is 18.9 Å². The molecule has 7 heteroatoms. The maximum atomic E-state index is 13.8. The molecule has 0 radical (unpaired) electrons. The number of aliphatic imine (C=N–C) groups is 1. The molecular formula is C19H19BrFNO4. The number of halogens is 2. The van der Waals surface area contributed by atoms with Crippen molar-refractivity contribution in [2.45, 2.75) is 0 Å². The Morgan fingerprint density at radius 3 is 2.31 bits per heavy atom. The number of ether oxygens (including phenoxy) is 4. The lowest BCUT2D eigenvalue weighted by molar-refractivity contribution is 0.0223. The second-order valence-corrected chi connectivity index (χ2v) is 6.39. The van der Waals surface area contributed by atoms with Gasteiger partial charge in [-0.05, 0) is 30.3 Å². The van der Waals surface area contributed by atoms with Gasteiger partial charge in [0.15, 0.2) is 11.5 Å². The molecule has 138 valence electrons. The first-order valence-electron chi connectivity index (χ1n) is 8.26. The largest absolute Gasteiger partial charge is 0.487 e. The number of benzene rings is 2. The maximum absolute atomic E-state index is 13.8. The fraction of sp³-hybridized carbons (Fsp3) is 0.316. The molecule has 0 atom stereocenters. The van der Waals surface area contributed by atoms with Crippen molar-refractivity contribution in [1.82, 2.24) is 0 Å². The normalized spacial score (nSPS) is 16.1. The van der Waals surface area contributed by atoms with E-state index in [9.17, 15) is 4.39 Å². The van der Waals surface area contributed by atoms with Crippen LogP contribution >= 0.6 is 15.9 Å². The van der Waals surface area contributed by atoms with E-state index in [0.717, 1.165) is 4.47 Å². The van der Waals surface area contributed by atoms with Crippen molar-refractivity contribution in [3.8, 4) is 11.5 Å². The molecule has 0 fully saturated rings. The summed E-state index contributed by atoms with van der Waals surface area (Å²) in [6, 6.07) is 10.0. The van der Waals surface area contributed by atoms with Gasteiger partial charge >= 0.3 is 0 Å². The number of nitrogens with zero attached hydrogens (tertiary/aromatic N) is 1. The minimum atomic E-state index is -0.333. The van der Waals surface area contributed by atoms with E-state index in [1.165, 1.54) is 12.3 Å². The van der Waals surface area contributed by atoms with E-state index in [2.05, 4.69) is 20.9 Å². The highest BCUT2D eigenvalue weighted by atomic mass is 79.9. The van der Waals surface area contributed by atoms with Crippen molar-refractivity contribution in [1.29, 1.82) is 0 Å². The van der Waals surface area contributed by atoms with Gasteiger partial charge in [0.2, 0.25) is 0 Å². The summed E-state index contributed by atoms with van der Waals surface area (Å²) in [6.07, 6.45) is 1.48. The smallest absolute Gasteiger partial charge is 0.163 e.